The molecule has 3 amide bonds. The molecule has 5 bridgehead atoms. The molecule has 12 nitrogen and oxygen atoms in total. The lowest BCUT2D eigenvalue weighted by Crippen LogP contribution is -2.56. The molecule has 0 saturated carbocycles. The molecule has 0 unspecified atom stereocenters. The van der Waals surface area contributed by atoms with Crippen LogP contribution in [0.2, 0.25) is 0 Å². The third-order valence-corrected chi connectivity index (χ3v) is 10.2. The Kier molecular flexibility index (Phi) is 10.7. The Morgan fingerprint density at radius 3 is 2.42 bits per heavy atom. The van der Waals surface area contributed by atoms with Crippen LogP contribution in [-0.4, -0.2) is 104 Å². The van der Waals surface area contributed by atoms with Gasteiger partial charge in [0, 0.05) is 51.1 Å². The number of allylic oxidation sites excluding steroid dienone is 1. The molecule has 4 aliphatic heterocycles. The summed E-state index contributed by atoms with van der Waals surface area (Å²) in [6, 6.07) is 14.9. The summed E-state index contributed by atoms with van der Waals surface area (Å²) >= 11 is 0. The number of hydrogen-bond donors (Lipinski definition) is 2. The van der Waals surface area contributed by atoms with Crippen molar-refractivity contribution >= 4 is 35.1 Å². The number of fused-ring (bicyclic) bond motifs is 2. The fourth-order valence-corrected chi connectivity index (χ4v) is 7.87. The van der Waals surface area contributed by atoms with E-state index in [1.165, 1.54) is 12.0 Å². The Morgan fingerprint density at radius 1 is 1.00 bits per heavy atom. The van der Waals surface area contributed by atoms with Crippen molar-refractivity contribution in [3.05, 3.63) is 84.5 Å². The van der Waals surface area contributed by atoms with Crippen LogP contribution in [-0.2, 0) is 33.4 Å². The monoisotopic (exact) mass is 686 g/mol. The average Bonchev–Trinajstić information content (AvgIpc) is 3.77. The van der Waals surface area contributed by atoms with Crippen LogP contribution >= 0.6 is 0 Å². The zero-order valence-corrected chi connectivity index (χ0v) is 28.8. The van der Waals surface area contributed by atoms with Crippen molar-refractivity contribution in [2.75, 3.05) is 56.3 Å². The summed E-state index contributed by atoms with van der Waals surface area (Å²) in [6.07, 6.45) is 5.95. The van der Waals surface area contributed by atoms with Crippen LogP contribution in [0.25, 0.3) is 0 Å². The van der Waals surface area contributed by atoms with Crippen molar-refractivity contribution in [1.82, 2.24) is 10.2 Å². The second-order valence-corrected chi connectivity index (χ2v) is 13.0. The Labute approximate surface area is 292 Å². The number of esters is 1. The Hall–Kier alpha value is -4.52. The first-order valence-electron chi connectivity index (χ1n) is 17.4. The van der Waals surface area contributed by atoms with E-state index < -0.39 is 59.5 Å². The molecule has 6 rings (SSSR count). The zero-order valence-electron chi connectivity index (χ0n) is 28.8. The molecule has 266 valence electrons. The standard InChI is InChI=1S/C38H46N4O8/c1-4-40(5-2)26-15-17-27(18-16-26)41-21-11-7-10-14-30(44)39-28(24-48-3)33(25-12-8-6-9-13-25)49-37(47)31-29-19-20-38(50-29)32(31)35(45)42(22-23-43)34(38)36(41)46/h6-9,11-13,15-20,28-29,31-34,43H,4-5,10,14,21-24H2,1-3H3,(H,39,44)/b11-7-/t28-,29+,31-,32-,33-,34+,38-/m0/s1. The Bertz CT molecular complexity index is 1610. The van der Waals surface area contributed by atoms with Crippen molar-refractivity contribution < 1.29 is 38.5 Å². The smallest absolute Gasteiger partial charge is 0.313 e. The predicted molar refractivity (Wildman–Crippen MR) is 186 cm³/mol. The fraction of sp³-hybridized carbons (Fsp3) is 0.474. The number of benzene rings is 2. The third kappa shape index (κ3) is 6.43. The highest BCUT2D eigenvalue weighted by atomic mass is 16.6. The van der Waals surface area contributed by atoms with Crippen molar-refractivity contribution in [3.8, 4) is 0 Å². The van der Waals surface area contributed by atoms with E-state index >= 15 is 0 Å². The van der Waals surface area contributed by atoms with Gasteiger partial charge in [-0.15, -0.1) is 0 Å². The molecule has 2 aromatic carbocycles. The molecular weight excluding hydrogens is 640 g/mol. The minimum Gasteiger partial charge on any atom is -0.455 e. The van der Waals surface area contributed by atoms with Gasteiger partial charge >= 0.3 is 5.97 Å². The summed E-state index contributed by atoms with van der Waals surface area (Å²) < 4.78 is 18.2. The lowest BCUT2D eigenvalue weighted by molar-refractivity contribution is -0.162. The second kappa shape index (κ2) is 15.2. The van der Waals surface area contributed by atoms with E-state index in [2.05, 4.69) is 24.1 Å². The summed E-state index contributed by atoms with van der Waals surface area (Å²) in [5.74, 6) is -3.92. The van der Waals surface area contributed by atoms with Crippen molar-refractivity contribution in [3.63, 3.8) is 0 Å². The van der Waals surface area contributed by atoms with Crippen LogP contribution in [0.1, 0.15) is 38.4 Å². The van der Waals surface area contributed by atoms with Crippen LogP contribution in [0.4, 0.5) is 11.4 Å². The summed E-state index contributed by atoms with van der Waals surface area (Å²) in [7, 11) is 1.51. The van der Waals surface area contributed by atoms with Gasteiger partial charge in [0.15, 0.2) is 0 Å². The summed E-state index contributed by atoms with van der Waals surface area (Å²) in [6.45, 7) is 5.53. The van der Waals surface area contributed by atoms with E-state index in [4.69, 9.17) is 14.2 Å². The number of aliphatic hydroxyl groups is 1. The number of rotatable bonds is 9. The van der Waals surface area contributed by atoms with Crippen LogP contribution < -0.4 is 15.1 Å². The van der Waals surface area contributed by atoms with Gasteiger partial charge in [-0.1, -0.05) is 54.6 Å². The molecule has 4 aliphatic rings. The highest BCUT2D eigenvalue weighted by molar-refractivity contribution is 6.05. The third-order valence-electron chi connectivity index (χ3n) is 10.2. The molecule has 0 aliphatic carbocycles. The number of ether oxygens (including phenoxy) is 3. The largest absolute Gasteiger partial charge is 0.455 e. The first kappa shape index (κ1) is 35.3. The normalized spacial score (nSPS) is 30.3. The highest BCUT2D eigenvalue weighted by Crippen LogP contribution is 2.56. The molecule has 7 atom stereocenters. The van der Waals surface area contributed by atoms with E-state index in [9.17, 15) is 24.3 Å². The molecule has 2 N–H and O–H groups in total. The van der Waals surface area contributed by atoms with E-state index in [1.54, 1.807) is 29.2 Å². The number of methoxy groups -OCH3 is 1. The molecule has 2 saturated heterocycles. The molecule has 2 aromatic rings. The Morgan fingerprint density at radius 2 is 1.74 bits per heavy atom. The maximum atomic E-state index is 14.9. The van der Waals surface area contributed by atoms with Crippen LogP contribution in [0.15, 0.2) is 78.9 Å². The minimum absolute atomic E-state index is 0.0636. The second-order valence-electron chi connectivity index (χ2n) is 13.0. The van der Waals surface area contributed by atoms with Crippen LogP contribution in [0.3, 0.4) is 0 Å². The fourth-order valence-electron chi connectivity index (χ4n) is 7.87. The number of likely N-dealkylation sites (tertiary alicyclic amines) is 1. The topological polar surface area (TPSA) is 138 Å². The van der Waals surface area contributed by atoms with Crippen molar-refractivity contribution in [1.29, 1.82) is 0 Å². The minimum atomic E-state index is -1.45. The van der Waals surface area contributed by atoms with E-state index in [1.807, 2.05) is 54.6 Å². The first-order valence-corrected chi connectivity index (χ1v) is 17.4. The molecule has 2 fully saturated rings. The number of carbonyl (C=O) groups is 4. The van der Waals surface area contributed by atoms with Gasteiger partial charge in [-0.25, -0.2) is 0 Å². The maximum absolute atomic E-state index is 14.9. The number of cyclic esters (lactones) is 1. The van der Waals surface area contributed by atoms with Crippen molar-refractivity contribution in [2.45, 2.75) is 56.6 Å². The first-order chi connectivity index (χ1) is 24.3. The molecule has 1 spiro atoms. The number of carbonyl (C=O) groups excluding carboxylic acids is 4. The van der Waals surface area contributed by atoms with Gasteiger partial charge < -0.3 is 39.3 Å². The van der Waals surface area contributed by atoms with Crippen LogP contribution in [0, 0.1) is 11.8 Å². The average molecular weight is 687 g/mol. The number of aliphatic hydroxyl groups excluding tert-OH is 1. The number of hydrogen-bond acceptors (Lipinski definition) is 9. The summed E-state index contributed by atoms with van der Waals surface area (Å²) in [4.78, 5) is 61.9. The number of β-amino-alcohol motifs (C(OH)–C–C–N with tert-alkyl or cyclic N) is 1. The molecule has 0 radical (unpaired) electrons. The highest BCUT2D eigenvalue weighted by Gasteiger charge is 2.73. The number of anilines is 2. The van der Waals surface area contributed by atoms with Gasteiger partial charge in [0.25, 0.3) is 5.91 Å². The van der Waals surface area contributed by atoms with Gasteiger partial charge in [-0.2, -0.15) is 0 Å². The number of nitrogens with zero attached hydrogens (tertiary/aromatic N) is 3. The number of amides is 3. The van der Waals surface area contributed by atoms with E-state index in [0.717, 1.165) is 18.8 Å². The molecule has 0 aromatic heterocycles. The quantitative estimate of drug-likeness (QED) is 0.301. The summed E-state index contributed by atoms with van der Waals surface area (Å²) in [5.41, 5.74) is 0.822. The molecular formula is C38H46N4O8. The van der Waals surface area contributed by atoms with Gasteiger partial charge in [0.2, 0.25) is 11.8 Å². The molecule has 4 heterocycles. The predicted octanol–water partition coefficient (Wildman–Crippen LogP) is 2.77. The van der Waals surface area contributed by atoms with Crippen molar-refractivity contribution in [2.24, 2.45) is 11.8 Å². The van der Waals surface area contributed by atoms with E-state index in [-0.39, 0.29) is 38.6 Å². The van der Waals surface area contributed by atoms with Gasteiger partial charge in [0.05, 0.1) is 31.3 Å². The Balaban J connectivity index is 1.43. The lowest BCUT2D eigenvalue weighted by Gasteiger charge is -2.35. The molecule has 12 heteroatoms. The van der Waals surface area contributed by atoms with Gasteiger partial charge in [0.1, 0.15) is 23.7 Å². The SMILES string of the molecule is CCN(CC)c1ccc(N2C/C=C\CCC(=O)N[C@@H](COC)[C@H](c3ccccc3)OC(=O)[C@@H]3[C@H]4C(=O)N(CCO)[C@H](C2=O)[C@]42C=C[C@H]3O2)cc1. The number of nitrogens with one attached hydrogen (secondary N) is 1. The van der Waals surface area contributed by atoms with Gasteiger partial charge in [-0.05, 0) is 50.1 Å². The lowest BCUT2D eigenvalue weighted by atomic mass is 9.74. The molecule has 50 heavy (non-hydrogen) atoms. The zero-order chi connectivity index (χ0) is 35.4. The maximum Gasteiger partial charge on any atom is 0.313 e. The van der Waals surface area contributed by atoms with Crippen LogP contribution in [0.5, 0.6) is 0 Å². The summed E-state index contributed by atoms with van der Waals surface area (Å²) in [5, 5.41) is 13.1. The van der Waals surface area contributed by atoms with E-state index in [0.29, 0.717) is 17.7 Å². The van der Waals surface area contributed by atoms with Gasteiger partial charge in [-0.3, -0.25) is 19.2 Å².